The molecule has 12 heteroatoms. The average Bonchev–Trinajstić information content (AvgIpc) is 2.93. The van der Waals surface area contributed by atoms with Crippen LogP contribution in [-0.2, 0) is 11.3 Å². The summed E-state index contributed by atoms with van der Waals surface area (Å²) in [7, 11) is 1.51. The van der Waals surface area contributed by atoms with E-state index in [0.29, 0.717) is 23.9 Å². The minimum Gasteiger partial charge on any atom is -0.480 e. The zero-order valence-corrected chi connectivity index (χ0v) is 22.2. The van der Waals surface area contributed by atoms with Crippen LogP contribution in [0.1, 0.15) is 5.56 Å². The Balaban J connectivity index is 1.35. The van der Waals surface area contributed by atoms with E-state index in [0.717, 1.165) is 71.9 Å². The van der Waals surface area contributed by atoms with Crippen LogP contribution in [0.3, 0.4) is 0 Å². The summed E-state index contributed by atoms with van der Waals surface area (Å²) in [6.07, 6.45) is 1.71. The summed E-state index contributed by atoms with van der Waals surface area (Å²) in [5.74, 6) is -0.441. The molecule has 0 amide bonds. The summed E-state index contributed by atoms with van der Waals surface area (Å²) in [5, 5.41) is 0.943. The maximum atomic E-state index is 14.1. The van der Waals surface area contributed by atoms with Gasteiger partial charge in [-0.25, -0.2) is 27.8 Å². The number of aromatic nitrogens is 2. The molecule has 4 aromatic rings. The number of benzene rings is 2. The molecule has 0 unspecified atom stereocenters. The van der Waals surface area contributed by atoms with Crippen LogP contribution in [0, 0.1) is 11.6 Å². The van der Waals surface area contributed by atoms with Crippen LogP contribution < -0.4 is 19.9 Å². The van der Waals surface area contributed by atoms with Crippen LogP contribution in [0.4, 0.5) is 20.3 Å². The highest BCUT2D eigenvalue weighted by Gasteiger charge is 2.13. The Kier molecular flexibility index (Phi) is 8.45. The molecule has 0 atom stereocenters. The van der Waals surface area contributed by atoms with E-state index in [1.54, 1.807) is 18.3 Å². The van der Waals surface area contributed by atoms with E-state index in [1.807, 2.05) is 30.3 Å². The second kappa shape index (κ2) is 12.1. The van der Waals surface area contributed by atoms with Crippen molar-refractivity contribution in [2.24, 2.45) is 0 Å². The highest BCUT2D eigenvalue weighted by Crippen LogP contribution is 2.34. The molecule has 2 aromatic carbocycles. The van der Waals surface area contributed by atoms with Gasteiger partial charge in [-0.05, 0) is 53.9 Å². The van der Waals surface area contributed by atoms with Gasteiger partial charge in [0.2, 0.25) is 5.88 Å². The van der Waals surface area contributed by atoms with Crippen molar-refractivity contribution in [2.75, 3.05) is 43.9 Å². The zero-order valence-electron chi connectivity index (χ0n) is 20.5. The summed E-state index contributed by atoms with van der Waals surface area (Å²) in [5.41, 5.74) is 10.2. The van der Waals surface area contributed by atoms with Crippen molar-refractivity contribution in [3.05, 3.63) is 71.9 Å². The summed E-state index contributed by atoms with van der Waals surface area (Å²) >= 11 is 2.58. The smallest absolute Gasteiger partial charge is 0.237 e. The first-order valence-corrected chi connectivity index (χ1v) is 13.4. The molecule has 0 saturated carbocycles. The molecule has 1 saturated heterocycles. The van der Waals surface area contributed by atoms with Crippen molar-refractivity contribution in [3.63, 3.8) is 0 Å². The molecule has 0 spiro atoms. The molecule has 8 nitrogen and oxygen atoms in total. The number of hydrogen-bond acceptors (Lipinski definition) is 10. The van der Waals surface area contributed by atoms with Crippen LogP contribution >= 0.6 is 24.1 Å². The van der Waals surface area contributed by atoms with Gasteiger partial charge in [-0.15, -0.1) is 0 Å². The number of ether oxygens (including phenoxy) is 2. The number of nitrogens with zero attached hydrogens (tertiary/aromatic N) is 3. The van der Waals surface area contributed by atoms with E-state index in [-0.39, 0.29) is 4.90 Å². The number of nitrogens with one attached hydrogen (secondary N) is 2. The van der Waals surface area contributed by atoms with Crippen molar-refractivity contribution in [3.8, 4) is 17.0 Å². The van der Waals surface area contributed by atoms with Gasteiger partial charge in [0.05, 0.1) is 30.7 Å². The first-order chi connectivity index (χ1) is 18.5. The molecule has 198 valence electrons. The number of halogens is 2. The van der Waals surface area contributed by atoms with Crippen molar-refractivity contribution >= 4 is 46.5 Å². The third-order valence-corrected chi connectivity index (χ3v) is 7.67. The highest BCUT2D eigenvalue weighted by molar-refractivity contribution is 8.00. The normalized spacial score (nSPS) is 14.1. The van der Waals surface area contributed by atoms with Crippen molar-refractivity contribution in [1.82, 2.24) is 19.0 Å². The van der Waals surface area contributed by atoms with E-state index in [4.69, 9.17) is 15.2 Å². The third-order valence-electron chi connectivity index (χ3n) is 5.90. The number of pyridine rings is 2. The van der Waals surface area contributed by atoms with Crippen molar-refractivity contribution in [2.45, 2.75) is 11.4 Å². The van der Waals surface area contributed by atoms with Gasteiger partial charge in [-0.2, -0.15) is 0 Å². The molecule has 0 radical (unpaired) electrons. The first kappa shape index (κ1) is 26.4. The molecular weight excluding hydrogens is 530 g/mol. The van der Waals surface area contributed by atoms with Gasteiger partial charge in [0, 0.05) is 60.5 Å². The van der Waals surface area contributed by atoms with Gasteiger partial charge in [-0.3, -0.25) is 0 Å². The standard InChI is InChI=1S/C26H26F2N6O2S2/c1-35-26-23(33-37-24-5-3-20(27)13-21(24)28)12-18(14-30-26)16-2-4-22-17(10-16)11-19(25(29)32-22)15-31-38-34-6-8-36-9-7-34/h2-5,10-14,31,33H,6-9,15H2,1H3,(H2,29,32). The van der Waals surface area contributed by atoms with Gasteiger partial charge < -0.3 is 19.9 Å². The number of morpholine rings is 1. The quantitative estimate of drug-likeness (QED) is 0.237. The largest absolute Gasteiger partial charge is 0.480 e. The summed E-state index contributed by atoms with van der Waals surface area (Å²) in [4.78, 5) is 9.24. The lowest BCUT2D eigenvalue weighted by molar-refractivity contribution is 0.0770. The van der Waals surface area contributed by atoms with Gasteiger partial charge in [0.15, 0.2) is 0 Å². The van der Waals surface area contributed by atoms with E-state index < -0.39 is 11.6 Å². The number of fused-ring (bicyclic) bond motifs is 1. The number of anilines is 2. The van der Waals surface area contributed by atoms with E-state index >= 15 is 0 Å². The zero-order chi connectivity index (χ0) is 26.5. The number of nitrogens with two attached hydrogens (primary N) is 1. The lowest BCUT2D eigenvalue weighted by Gasteiger charge is -2.25. The summed E-state index contributed by atoms with van der Waals surface area (Å²) in [6.45, 7) is 3.77. The lowest BCUT2D eigenvalue weighted by Crippen LogP contribution is -2.33. The molecule has 38 heavy (non-hydrogen) atoms. The van der Waals surface area contributed by atoms with Crippen LogP contribution in [0.25, 0.3) is 22.0 Å². The number of rotatable bonds is 9. The van der Waals surface area contributed by atoms with E-state index in [2.05, 4.69) is 23.7 Å². The lowest BCUT2D eigenvalue weighted by atomic mass is 10.0. The molecule has 5 rings (SSSR count). The van der Waals surface area contributed by atoms with Crippen molar-refractivity contribution < 1.29 is 18.3 Å². The predicted molar refractivity (Wildman–Crippen MR) is 149 cm³/mol. The molecule has 1 aliphatic heterocycles. The van der Waals surface area contributed by atoms with Gasteiger partial charge in [0.1, 0.15) is 23.1 Å². The van der Waals surface area contributed by atoms with Crippen LogP contribution in [0.5, 0.6) is 5.88 Å². The fraction of sp³-hybridized carbons (Fsp3) is 0.231. The van der Waals surface area contributed by atoms with Crippen LogP contribution in [0.15, 0.2) is 59.6 Å². The second-order valence-corrected chi connectivity index (χ2v) is 10.3. The first-order valence-electron chi connectivity index (χ1n) is 11.8. The minimum atomic E-state index is -0.652. The Hall–Kier alpha value is -3.16. The molecule has 3 heterocycles. The predicted octanol–water partition coefficient (Wildman–Crippen LogP) is 5.27. The van der Waals surface area contributed by atoms with Gasteiger partial charge in [-0.1, -0.05) is 6.07 Å². The maximum Gasteiger partial charge on any atom is 0.237 e. The fourth-order valence-corrected chi connectivity index (χ4v) is 5.30. The Labute approximate surface area is 227 Å². The molecule has 0 bridgehead atoms. The second-order valence-electron chi connectivity index (χ2n) is 8.45. The topological polar surface area (TPSA) is 97.6 Å². The highest BCUT2D eigenvalue weighted by atomic mass is 32.2. The Morgan fingerprint density at radius 3 is 2.71 bits per heavy atom. The molecule has 0 aliphatic carbocycles. The number of hydrogen-bond donors (Lipinski definition) is 3. The molecule has 2 aromatic heterocycles. The Morgan fingerprint density at radius 2 is 1.92 bits per heavy atom. The van der Waals surface area contributed by atoms with Crippen LogP contribution in [-0.4, -0.2) is 47.7 Å². The van der Waals surface area contributed by atoms with Crippen LogP contribution in [0.2, 0.25) is 0 Å². The molecule has 4 N–H and O–H groups in total. The van der Waals surface area contributed by atoms with Crippen molar-refractivity contribution in [1.29, 1.82) is 0 Å². The maximum absolute atomic E-state index is 14.1. The SMILES string of the molecule is COc1ncc(-c2ccc3nc(N)c(CNSN4CCOCC4)cc3c2)cc1NSc1ccc(F)cc1F. The molecule has 1 fully saturated rings. The fourth-order valence-electron chi connectivity index (χ4n) is 3.91. The monoisotopic (exact) mass is 556 g/mol. The molecule has 1 aliphatic rings. The van der Waals surface area contributed by atoms with E-state index in [9.17, 15) is 8.78 Å². The Morgan fingerprint density at radius 1 is 1.08 bits per heavy atom. The Bertz CT molecular complexity index is 1440. The number of nitrogen functional groups attached to an aromatic ring is 1. The molecular formula is C26H26F2N6O2S2. The third kappa shape index (κ3) is 6.27. The van der Waals surface area contributed by atoms with E-state index in [1.165, 1.54) is 19.2 Å². The number of methoxy groups -OCH3 is 1. The average molecular weight is 557 g/mol. The summed E-state index contributed by atoms with van der Waals surface area (Å²) in [6, 6.07) is 13.2. The minimum absolute atomic E-state index is 0.251. The van der Waals surface area contributed by atoms with Gasteiger partial charge >= 0.3 is 0 Å². The van der Waals surface area contributed by atoms with Gasteiger partial charge in [0.25, 0.3) is 0 Å². The summed E-state index contributed by atoms with van der Waals surface area (Å²) < 4.78 is 46.7.